The van der Waals surface area contributed by atoms with Crippen LogP contribution in [0, 0.1) is 12.7 Å². The predicted octanol–water partition coefficient (Wildman–Crippen LogP) is 5.40. The summed E-state index contributed by atoms with van der Waals surface area (Å²) in [7, 11) is 0. The van der Waals surface area contributed by atoms with Gasteiger partial charge >= 0.3 is 0 Å². The minimum Gasteiger partial charge on any atom is -0.502 e. The van der Waals surface area contributed by atoms with E-state index in [-0.39, 0.29) is 16.4 Å². The zero-order chi connectivity index (χ0) is 19.4. The van der Waals surface area contributed by atoms with Gasteiger partial charge in [0.15, 0.2) is 23.1 Å². The van der Waals surface area contributed by atoms with Crippen molar-refractivity contribution in [1.29, 1.82) is 0 Å². The quantitative estimate of drug-likeness (QED) is 0.267. The van der Waals surface area contributed by atoms with Gasteiger partial charge in [0.2, 0.25) is 0 Å². The van der Waals surface area contributed by atoms with E-state index in [1.807, 2.05) is 25.3 Å². The van der Waals surface area contributed by atoms with Crippen molar-refractivity contribution in [3.8, 4) is 0 Å². The van der Waals surface area contributed by atoms with Crippen LogP contribution in [-0.2, 0) is 0 Å². The lowest BCUT2D eigenvalue weighted by Gasteiger charge is -2.11. The second-order valence-corrected chi connectivity index (χ2v) is 6.77. The van der Waals surface area contributed by atoms with E-state index in [4.69, 9.17) is 23.8 Å². The summed E-state index contributed by atoms with van der Waals surface area (Å²) in [6.45, 7) is 1.93. The summed E-state index contributed by atoms with van der Waals surface area (Å²) in [6, 6.07) is 16.8. The second-order valence-electron chi connectivity index (χ2n) is 5.93. The van der Waals surface area contributed by atoms with Crippen LogP contribution in [0.15, 0.2) is 73.1 Å². The standard InChI is InChI=1S/C21H16ClFN2OS/c1-14-6-5-11-25(13-14)19(20(26)15-7-4-8-16(22)12-15)21(27)24-18-10-3-2-9-17(18)23/h2-13H,1H3,(H-,24,26,27)/p+1. The fraction of sp³-hybridized carbons (Fsp3) is 0.0476. The molecule has 0 unspecified atom stereocenters. The van der Waals surface area contributed by atoms with Gasteiger partial charge in [-0.2, -0.15) is 4.57 Å². The minimum absolute atomic E-state index is 0.0676. The number of pyridine rings is 1. The van der Waals surface area contributed by atoms with E-state index in [9.17, 15) is 9.50 Å². The van der Waals surface area contributed by atoms with Crippen molar-refractivity contribution in [2.24, 2.45) is 0 Å². The van der Waals surface area contributed by atoms with Gasteiger partial charge < -0.3 is 10.4 Å². The Balaban J connectivity index is 2.11. The van der Waals surface area contributed by atoms with Gasteiger partial charge in [-0.1, -0.05) is 48.1 Å². The normalized spacial score (nSPS) is 11.7. The number of nitrogens with zero attached hydrogens (tertiary/aromatic N) is 1. The maximum absolute atomic E-state index is 14.0. The van der Waals surface area contributed by atoms with Crippen molar-refractivity contribution < 1.29 is 14.1 Å². The van der Waals surface area contributed by atoms with Crippen LogP contribution in [0.3, 0.4) is 0 Å². The number of anilines is 1. The molecule has 27 heavy (non-hydrogen) atoms. The number of nitrogens with one attached hydrogen (secondary N) is 1. The van der Waals surface area contributed by atoms with E-state index in [1.54, 1.807) is 53.2 Å². The number of aromatic nitrogens is 1. The molecule has 0 aliphatic rings. The largest absolute Gasteiger partial charge is 0.502 e. The smallest absolute Gasteiger partial charge is 0.288 e. The summed E-state index contributed by atoms with van der Waals surface area (Å²) < 4.78 is 15.7. The molecule has 3 nitrogen and oxygen atoms in total. The van der Waals surface area contributed by atoms with E-state index in [1.165, 1.54) is 6.07 Å². The van der Waals surface area contributed by atoms with Crippen molar-refractivity contribution in [3.63, 3.8) is 0 Å². The molecular formula is C21H17ClFN2OS+. The third kappa shape index (κ3) is 4.51. The van der Waals surface area contributed by atoms with Crippen LogP contribution in [0.1, 0.15) is 11.1 Å². The molecule has 1 heterocycles. The fourth-order valence-electron chi connectivity index (χ4n) is 2.60. The number of aliphatic hydroxyl groups is 1. The van der Waals surface area contributed by atoms with Crippen molar-refractivity contribution in [2.45, 2.75) is 6.92 Å². The molecule has 0 aliphatic heterocycles. The zero-order valence-corrected chi connectivity index (χ0v) is 16.1. The summed E-state index contributed by atoms with van der Waals surface area (Å²) in [5.41, 5.74) is 2.03. The number of thiocarbonyl (C=S) groups is 1. The van der Waals surface area contributed by atoms with Gasteiger partial charge in [0.1, 0.15) is 5.82 Å². The topological polar surface area (TPSA) is 36.1 Å². The number of aryl methyl sites for hydroxylation is 1. The monoisotopic (exact) mass is 399 g/mol. The fourth-order valence-corrected chi connectivity index (χ4v) is 3.10. The molecule has 3 aromatic rings. The highest BCUT2D eigenvalue weighted by molar-refractivity contribution is 7.81. The van der Waals surface area contributed by atoms with Crippen LogP contribution in [0.4, 0.5) is 10.1 Å². The third-order valence-electron chi connectivity index (χ3n) is 3.87. The molecule has 0 fully saturated rings. The molecule has 0 saturated heterocycles. The first-order valence-corrected chi connectivity index (χ1v) is 8.97. The van der Waals surface area contributed by atoms with Gasteiger partial charge in [-0.3, -0.25) is 0 Å². The van der Waals surface area contributed by atoms with Crippen LogP contribution in [0.5, 0.6) is 0 Å². The van der Waals surface area contributed by atoms with Crippen LogP contribution in [-0.4, -0.2) is 10.1 Å². The number of halogens is 2. The summed E-state index contributed by atoms with van der Waals surface area (Å²) in [5.74, 6) is -0.502. The molecule has 0 radical (unpaired) electrons. The maximum atomic E-state index is 14.0. The van der Waals surface area contributed by atoms with Gasteiger partial charge in [-0.05, 0) is 37.3 Å². The Morgan fingerprint density at radius 2 is 1.89 bits per heavy atom. The number of aliphatic hydroxyl groups excluding tert-OH is 1. The third-order valence-corrected chi connectivity index (χ3v) is 4.40. The lowest BCUT2D eigenvalue weighted by atomic mass is 10.1. The van der Waals surface area contributed by atoms with Crippen LogP contribution in [0.25, 0.3) is 11.5 Å². The van der Waals surface area contributed by atoms with Crippen molar-refractivity contribution in [2.75, 3.05) is 5.32 Å². The molecular weight excluding hydrogens is 383 g/mol. The number of benzene rings is 2. The van der Waals surface area contributed by atoms with Crippen molar-refractivity contribution >= 4 is 46.0 Å². The molecule has 3 rings (SSSR count). The molecule has 1 aromatic heterocycles. The summed E-state index contributed by atoms with van der Waals surface area (Å²) in [6.07, 6.45) is 3.59. The average molecular weight is 400 g/mol. The number of hydrogen-bond acceptors (Lipinski definition) is 2. The lowest BCUT2D eigenvalue weighted by Crippen LogP contribution is -2.38. The highest BCUT2D eigenvalue weighted by atomic mass is 35.5. The van der Waals surface area contributed by atoms with Crippen molar-refractivity contribution in [1.82, 2.24) is 0 Å². The summed E-state index contributed by atoms with van der Waals surface area (Å²) in [5, 5.41) is 14.3. The molecule has 0 saturated carbocycles. The van der Waals surface area contributed by atoms with Crippen molar-refractivity contribution in [3.05, 3.63) is 95.0 Å². The molecule has 0 amide bonds. The highest BCUT2D eigenvalue weighted by Crippen LogP contribution is 2.22. The van der Waals surface area contributed by atoms with E-state index in [2.05, 4.69) is 5.32 Å². The number of rotatable bonds is 4. The number of para-hydroxylation sites is 1. The molecule has 0 bridgehead atoms. The van der Waals surface area contributed by atoms with Gasteiger partial charge in [0, 0.05) is 22.2 Å². The highest BCUT2D eigenvalue weighted by Gasteiger charge is 2.24. The minimum atomic E-state index is -0.435. The van der Waals surface area contributed by atoms with Crippen LogP contribution >= 0.6 is 23.8 Å². The summed E-state index contributed by atoms with van der Waals surface area (Å²) >= 11 is 11.6. The Morgan fingerprint density at radius 3 is 2.59 bits per heavy atom. The number of hydrogen-bond donors (Lipinski definition) is 2. The molecule has 2 aromatic carbocycles. The maximum Gasteiger partial charge on any atom is 0.288 e. The summed E-state index contributed by atoms with van der Waals surface area (Å²) in [4.78, 5) is 0.174. The SMILES string of the molecule is Cc1ccc[n+](/C(C(=S)Nc2ccccc2F)=C(\O)c2cccc(Cl)c2)c1. The molecule has 2 N–H and O–H groups in total. The second kappa shape index (κ2) is 8.29. The molecule has 0 spiro atoms. The Hall–Kier alpha value is -2.76. The Bertz CT molecular complexity index is 1040. The molecule has 0 atom stereocenters. The van der Waals surface area contributed by atoms with E-state index >= 15 is 0 Å². The molecule has 6 heteroatoms. The van der Waals surface area contributed by atoms with E-state index in [0.717, 1.165) is 5.56 Å². The predicted molar refractivity (Wildman–Crippen MR) is 111 cm³/mol. The van der Waals surface area contributed by atoms with Crippen LogP contribution < -0.4 is 9.88 Å². The van der Waals surface area contributed by atoms with E-state index in [0.29, 0.717) is 16.3 Å². The Kier molecular flexibility index (Phi) is 5.84. The molecule has 0 aliphatic carbocycles. The van der Waals surface area contributed by atoms with Gasteiger partial charge in [-0.25, -0.2) is 4.39 Å². The lowest BCUT2D eigenvalue weighted by molar-refractivity contribution is -0.576. The first-order valence-electron chi connectivity index (χ1n) is 8.19. The average Bonchev–Trinajstić information content (AvgIpc) is 2.64. The molecule has 136 valence electrons. The first kappa shape index (κ1) is 19.0. The van der Waals surface area contributed by atoms with Crippen LogP contribution in [0.2, 0.25) is 5.02 Å². The van der Waals surface area contributed by atoms with E-state index < -0.39 is 5.82 Å². The Labute approximate surface area is 167 Å². The van der Waals surface area contributed by atoms with Gasteiger partial charge in [0.25, 0.3) is 5.70 Å². The van der Waals surface area contributed by atoms with Gasteiger partial charge in [-0.15, -0.1) is 0 Å². The first-order chi connectivity index (χ1) is 13.0. The zero-order valence-electron chi connectivity index (χ0n) is 14.5. The van der Waals surface area contributed by atoms with Gasteiger partial charge in [0.05, 0.1) is 5.69 Å². The Morgan fingerprint density at radius 1 is 1.11 bits per heavy atom.